The molecule has 0 fully saturated rings. The van der Waals surface area contributed by atoms with Gasteiger partial charge >= 0.3 is 109 Å². The Bertz CT molecular complexity index is 372. The number of ether oxygens (including phenoxy) is 1. The van der Waals surface area contributed by atoms with Crippen LogP contribution in [-0.2, 0) is 0 Å². The Labute approximate surface area is 109 Å². The van der Waals surface area contributed by atoms with Crippen LogP contribution in [0.2, 0.25) is 5.32 Å². The molecule has 0 N–H and O–H groups in total. The molecule has 0 spiro atoms. The Kier molecular flexibility index (Phi) is 5.15. The van der Waals surface area contributed by atoms with E-state index in [-0.39, 0.29) is 0 Å². The molecule has 0 amide bonds. The third-order valence-corrected chi connectivity index (χ3v) is 4.62. The normalized spacial score (nSPS) is 10.1. The quantitative estimate of drug-likeness (QED) is 0.587. The van der Waals surface area contributed by atoms with Crippen LogP contribution in [0.3, 0.4) is 0 Å². The monoisotopic (exact) mass is 292 g/mol. The third-order valence-electron chi connectivity index (χ3n) is 2.31. The summed E-state index contributed by atoms with van der Waals surface area (Å²) in [5.74, 6) is 0.972. The summed E-state index contributed by atoms with van der Waals surface area (Å²) in [5.41, 5.74) is 0. The van der Waals surface area contributed by atoms with E-state index >= 15 is 0 Å². The SMILES string of the molecule is c1ccc(OCCC[Se]c2ccccc2)cc1. The van der Waals surface area contributed by atoms with Gasteiger partial charge in [-0.2, -0.15) is 0 Å². The van der Waals surface area contributed by atoms with Gasteiger partial charge in [-0.15, -0.1) is 0 Å². The minimum absolute atomic E-state index is 0.585. The Hall–Kier alpha value is -1.24. The van der Waals surface area contributed by atoms with Crippen LogP contribution in [0, 0.1) is 0 Å². The molecular formula is C15H16OSe. The van der Waals surface area contributed by atoms with Crippen molar-refractivity contribution in [3.8, 4) is 5.75 Å². The predicted molar refractivity (Wildman–Crippen MR) is 73.2 cm³/mol. The summed E-state index contributed by atoms with van der Waals surface area (Å²) in [6.45, 7) is 0.818. The molecule has 0 atom stereocenters. The van der Waals surface area contributed by atoms with Gasteiger partial charge in [-0.1, -0.05) is 0 Å². The van der Waals surface area contributed by atoms with Crippen LogP contribution < -0.4 is 9.20 Å². The predicted octanol–water partition coefficient (Wildman–Crippen LogP) is 2.90. The fraction of sp³-hybridized carbons (Fsp3) is 0.200. The molecule has 0 saturated carbocycles. The zero-order valence-electron chi connectivity index (χ0n) is 9.71. The Balaban J connectivity index is 1.61. The van der Waals surface area contributed by atoms with Crippen LogP contribution in [0.25, 0.3) is 0 Å². The van der Waals surface area contributed by atoms with Crippen molar-refractivity contribution in [1.29, 1.82) is 0 Å². The second kappa shape index (κ2) is 7.16. The number of rotatable bonds is 6. The summed E-state index contributed by atoms with van der Waals surface area (Å²) in [5, 5.41) is 1.24. The molecule has 0 heterocycles. The van der Waals surface area contributed by atoms with E-state index in [1.807, 2.05) is 30.3 Å². The zero-order chi connectivity index (χ0) is 11.8. The van der Waals surface area contributed by atoms with Gasteiger partial charge in [-0.25, -0.2) is 0 Å². The molecule has 0 aliphatic carbocycles. The van der Waals surface area contributed by atoms with Crippen LogP contribution in [-0.4, -0.2) is 21.6 Å². The average Bonchev–Trinajstić information content (AvgIpc) is 2.41. The summed E-state index contributed by atoms with van der Waals surface area (Å²) < 4.78 is 7.13. The zero-order valence-corrected chi connectivity index (χ0v) is 11.4. The standard InChI is InChI=1S/C15H16OSe/c1-3-8-14(9-4-1)16-12-7-13-17-15-10-5-2-6-11-15/h1-6,8-11H,7,12-13H2. The first-order valence-corrected chi connectivity index (χ1v) is 7.87. The first-order valence-electron chi connectivity index (χ1n) is 5.81. The average molecular weight is 291 g/mol. The van der Waals surface area contributed by atoms with Crippen molar-refractivity contribution in [2.24, 2.45) is 0 Å². The molecule has 0 unspecified atom stereocenters. The van der Waals surface area contributed by atoms with E-state index < -0.39 is 0 Å². The first kappa shape index (κ1) is 12.2. The third kappa shape index (κ3) is 4.64. The Morgan fingerprint density at radius 3 is 2.18 bits per heavy atom. The van der Waals surface area contributed by atoms with E-state index in [1.54, 1.807) is 0 Å². The number of para-hydroxylation sites is 1. The molecule has 0 aromatic heterocycles. The molecule has 0 bridgehead atoms. The van der Waals surface area contributed by atoms with Gasteiger partial charge in [0.05, 0.1) is 0 Å². The fourth-order valence-electron chi connectivity index (χ4n) is 1.47. The fourth-order valence-corrected chi connectivity index (χ4v) is 3.25. The summed E-state index contributed by atoms with van der Waals surface area (Å²) >= 11 is 0.585. The maximum absolute atomic E-state index is 5.65. The molecule has 0 aliphatic rings. The molecule has 0 saturated heterocycles. The van der Waals surface area contributed by atoms with Crippen LogP contribution in [0.5, 0.6) is 5.75 Å². The number of hydrogen-bond donors (Lipinski definition) is 0. The van der Waals surface area contributed by atoms with E-state index in [9.17, 15) is 0 Å². The van der Waals surface area contributed by atoms with Gasteiger partial charge in [0.15, 0.2) is 0 Å². The van der Waals surface area contributed by atoms with Crippen molar-refractivity contribution in [3.05, 3.63) is 60.7 Å². The topological polar surface area (TPSA) is 9.23 Å². The van der Waals surface area contributed by atoms with E-state index in [0.29, 0.717) is 15.0 Å². The molecule has 2 rings (SSSR count). The van der Waals surface area contributed by atoms with Crippen molar-refractivity contribution in [3.63, 3.8) is 0 Å². The Morgan fingerprint density at radius 1 is 0.824 bits per heavy atom. The second-order valence-electron chi connectivity index (χ2n) is 3.68. The minimum atomic E-state index is 0.585. The van der Waals surface area contributed by atoms with Gasteiger partial charge in [-0.05, 0) is 0 Å². The van der Waals surface area contributed by atoms with Crippen molar-refractivity contribution < 1.29 is 4.74 Å². The van der Waals surface area contributed by atoms with Crippen molar-refractivity contribution >= 4 is 19.4 Å². The first-order chi connectivity index (χ1) is 8.45. The van der Waals surface area contributed by atoms with E-state index in [2.05, 4.69) is 30.3 Å². The second-order valence-corrected chi connectivity index (χ2v) is 6.13. The van der Waals surface area contributed by atoms with Gasteiger partial charge in [-0.3, -0.25) is 0 Å². The van der Waals surface area contributed by atoms with Crippen molar-refractivity contribution in [2.45, 2.75) is 11.7 Å². The van der Waals surface area contributed by atoms with Gasteiger partial charge in [0.1, 0.15) is 0 Å². The van der Waals surface area contributed by atoms with Crippen LogP contribution in [0.4, 0.5) is 0 Å². The molecule has 17 heavy (non-hydrogen) atoms. The number of benzene rings is 2. The number of hydrogen-bond acceptors (Lipinski definition) is 1. The summed E-state index contributed by atoms with van der Waals surface area (Å²) in [6.07, 6.45) is 1.13. The maximum atomic E-state index is 5.65. The molecule has 0 aliphatic heterocycles. The summed E-state index contributed by atoms with van der Waals surface area (Å²) in [4.78, 5) is 0. The molecule has 2 aromatic rings. The molecule has 2 heteroatoms. The van der Waals surface area contributed by atoms with Gasteiger partial charge in [0, 0.05) is 0 Å². The van der Waals surface area contributed by atoms with E-state index in [4.69, 9.17) is 4.74 Å². The van der Waals surface area contributed by atoms with Crippen LogP contribution in [0.1, 0.15) is 6.42 Å². The van der Waals surface area contributed by atoms with Crippen molar-refractivity contribution in [2.75, 3.05) is 6.61 Å². The molecule has 0 radical (unpaired) electrons. The Morgan fingerprint density at radius 2 is 1.47 bits per heavy atom. The van der Waals surface area contributed by atoms with Crippen molar-refractivity contribution in [1.82, 2.24) is 0 Å². The molecule has 2 aromatic carbocycles. The van der Waals surface area contributed by atoms with E-state index in [0.717, 1.165) is 18.8 Å². The summed E-state index contributed by atoms with van der Waals surface area (Å²) in [6, 6.07) is 20.7. The molecular weight excluding hydrogens is 275 g/mol. The van der Waals surface area contributed by atoms with Gasteiger partial charge in [0.2, 0.25) is 0 Å². The van der Waals surface area contributed by atoms with Crippen LogP contribution >= 0.6 is 0 Å². The van der Waals surface area contributed by atoms with Gasteiger partial charge in [0.25, 0.3) is 0 Å². The molecule has 88 valence electrons. The van der Waals surface area contributed by atoms with Gasteiger partial charge < -0.3 is 0 Å². The molecule has 1 nitrogen and oxygen atoms in total. The summed E-state index contributed by atoms with van der Waals surface area (Å²) in [7, 11) is 0. The van der Waals surface area contributed by atoms with E-state index in [1.165, 1.54) is 9.78 Å². The van der Waals surface area contributed by atoms with Crippen LogP contribution in [0.15, 0.2) is 60.7 Å².